The third-order valence-corrected chi connectivity index (χ3v) is 2.18. The normalized spacial score (nSPS) is 20.1. The van der Waals surface area contributed by atoms with Crippen molar-refractivity contribution in [3.05, 3.63) is 29.6 Å². The summed E-state index contributed by atoms with van der Waals surface area (Å²) in [6, 6.07) is 1.75. The lowest BCUT2D eigenvalue weighted by Crippen LogP contribution is -2.32. The summed E-state index contributed by atoms with van der Waals surface area (Å²) in [5.74, 6) is 0. The van der Waals surface area contributed by atoms with Crippen molar-refractivity contribution in [2.45, 2.75) is 12.7 Å². The molecule has 3 N–H and O–H groups in total. The first-order valence-corrected chi connectivity index (χ1v) is 3.88. The lowest BCUT2D eigenvalue weighted by atomic mass is 10.2. The monoisotopic (exact) mass is 179 g/mol. The fourth-order valence-corrected chi connectivity index (χ4v) is 1.49. The molecule has 0 aromatic carbocycles. The van der Waals surface area contributed by atoms with Crippen molar-refractivity contribution in [3.63, 3.8) is 0 Å². The van der Waals surface area contributed by atoms with Gasteiger partial charge in [0.05, 0.1) is 6.54 Å². The van der Waals surface area contributed by atoms with Gasteiger partial charge in [-0.05, 0) is 17.2 Å². The molecule has 1 aromatic heterocycles. The topological polar surface area (TPSA) is 79.5 Å². The first kappa shape index (κ1) is 8.00. The molecule has 0 aliphatic carbocycles. The summed E-state index contributed by atoms with van der Waals surface area (Å²) in [6.45, 7) is 0.333. The Hall–Kier alpha value is -1.62. The van der Waals surface area contributed by atoms with Crippen LogP contribution < -0.4 is 5.73 Å². The van der Waals surface area contributed by atoms with Crippen molar-refractivity contribution >= 4 is 6.09 Å². The third kappa shape index (κ3) is 1.13. The number of hydrogen-bond donors (Lipinski definition) is 2. The number of hydrogen-bond acceptors (Lipinski definition) is 3. The highest BCUT2D eigenvalue weighted by molar-refractivity contribution is 5.67. The molecule has 0 fully saturated rings. The van der Waals surface area contributed by atoms with Gasteiger partial charge in [0.25, 0.3) is 0 Å². The lowest BCUT2D eigenvalue weighted by Gasteiger charge is -2.16. The number of rotatable bonds is 0. The lowest BCUT2D eigenvalue weighted by molar-refractivity contribution is 0.130. The van der Waals surface area contributed by atoms with E-state index in [1.54, 1.807) is 18.5 Å². The smallest absolute Gasteiger partial charge is 0.409 e. The van der Waals surface area contributed by atoms with Crippen LogP contribution in [-0.2, 0) is 6.54 Å². The highest BCUT2D eigenvalue weighted by Gasteiger charge is 2.30. The molecule has 5 heteroatoms. The van der Waals surface area contributed by atoms with Crippen LogP contribution in [0, 0.1) is 0 Å². The summed E-state index contributed by atoms with van der Waals surface area (Å²) < 4.78 is 0. The van der Waals surface area contributed by atoms with E-state index in [1.165, 1.54) is 4.90 Å². The van der Waals surface area contributed by atoms with Gasteiger partial charge >= 0.3 is 6.09 Å². The molecule has 0 radical (unpaired) electrons. The zero-order valence-electron chi connectivity index (χ0n) is 6.84. The standard InChI is InChI=1S/C8H9N3O2/c9-7-6-1-2-10-3-5(6)4-11(7)8(12)13/h1-3,7H,4,9H2,(H,12,13). The summed E-state index contributed by atoms with van der Waals surface area (Å²) >= 11 is 0. The quantitative estimate of drug-likeness (QED) is 0.609. The van der Waals surface area contributed by atoms with Crippen molar-refractivity contribution in [1.82, 2.24) is 9.88 Å². The number of fused-ring (bicyclic) bond motifs is 1. The zero-order valence-corrected chi connectivity index (χ0v) is 6.84. The van der Waals surface area contributed by atoms with Crippen molar-refractivity contribution < 1.29 is 9.90 Å². The maximum Gasteiger partial charge on any atom is 0.409 e. The van der Waals surface area contributed by atoms with Crippen LogP contribution in [0.4, 0.5) is 4.79 Å². The minimum atomic E-state index is -0.997. The van der Waals surface area contributed by atoms with Gasteiger partial charge in [-0.1, -0.05) is 0 Å². The summed E-state index contributed by atoms with van der Waals surface area (Å²) in [5.41, 5.74) is 7.44. The Bertz CT molecular complexity index is 353. The van der Waals surface area contributed by atoms with Crippen LogP contribution in [0.25, 0.3) is 0 Å². The van der Waals surface area contributed by atoms with E-state index >= 15 is 0 Å². The molecular formula is C8H9N3O2. The summed E-state index contributed by atoms with van der Waals surface area (Å²) in [5, 5.41) is 8.78. The van der Waals surface area contributed by atoms with E-state index in [9.17, 15) is 4.79 Å². The number of aromatic nitrogens is 1. The van der Waals surface area contributed by atoms with Crippen molar-refractivity contribution in [1.29, 1.82) is 0 Å². The van der Waals surface area contributed by atoms with Gasteiger partial charge in [0.15, 0.2) is 0 Å². The Morgan fingerprint density at radius 2 is 2.54 bits per heavy atom. The first-order valence-electron chi connectivity index (χ1n) is 3.88. The van der Waals surface area contributed by atoms with Crippen molar-refractivity contribution in [3.8, 4) is 0 Å². The number of pyridine rings is 1. The van der Waals surface area contributed by atoms with Gasteiger partial charge in [0, 0.05) is 12.4 Å². The van der Waals surface area contributed by atoms with Gasteiger partial charge in [-0.3, -0.25) is 9.88 Å². The Kier molecular flexibility index (Phi) is 1.66. The van der Waals surface area contributed by atoms with Crippen LogP contribution >= 0.6 is 0 Å². The van der Waals surface area contributed by atoms with E-state index in [0.717, 1.165) is 11.1 Å². The van der Waals surface area contributed by atoms with Gasteiger partial charge < -0.3 is 10.8 Å². The Labute approximate surface area is 74.8 Å². The van der Waals surface area contributed by atoms with Crippen LogP contribution in [0.15, 0.2) is 18.5 Å². The minimum absolute atomic E-state index is 0.333. The SMILES string of the molecule is NC1c2ccncc2CN1C(=O)O. The summed E-state index contributed by atoms with van der Waals surface area (Å²) in [6.07, 6.45) is 1.72. The molecule has 1 unspecified atom stereocenters. The largest absolute Gasteiger partial charge is 0.465 e. The number of carbonyl (C=O) groups is 1. The van der Waals surface area contributed by atoms with Gasteiger partial charge in [-0.25, -0.2) is 4.79 Å². The molecule has 0 bridgehead atoms. The number of carboxylic acid groups (broad SMARTS) is 1. The molecule has 0 saturated heterocycles. The molecule has 1 aliphatic heterocycles. The number of amides is 1. The molecule has 1 atom stereocenters. The minimum Gasteiger partial charge on any atom is -0.465 e. The first-order chi connectivity index (χ1) is 6.20. The van der Waals surface area contributed by atoms with Crippen LogP contribution in [-0.4, -0.2) is 21.1 Å². The molecule has 1 aliphatic rings. The Morgan fingerprint density at radius 1 is 1.77 bits per heavy atom. The maximum absolute atomic E-state index is 10.7. The Morgan fingerprint density at radius 3 is 3.15 bits per heavy atom. The van der Waals surface area contributed by atoms with E-state index in [0.29, 0.717) is 6.54 Å². The van der Waals surface area contributed by atoms with Gasteiger partial charge in [0.2, 0.25) is 0 Å². The van der Waals surface area contributed by atoms with Crippen LogP contribution in [0.5, 0.6) is 0 Å². The van der Waals surface area contributed by atoms with E-state index in [-0.39, 0.29) is 0 Å². The van der Waals surface area contributed by atoms with Gasteiger partial charge in [0.1, 0.15) is 6.17 Å². The highest BCUT2D eigenvalue weighted by atomic mass is 16.4. The molecule has 1 aromatic rings. The number of nitrogens with two attached hydrogens (primary N) is 1. The number of nitrogens with zero attached hydrogens (tertiary/aromatic N) is 2. The zero-order chi connectivity index (χ0) is 9.42. The molecule has 13 heavy (non-hydrogen) atoms. The predicted molar refractivity (Wildman–Crippen MR) is 44.7 cm³/mol. The van der Waals surface area contributed by atoms with Gasteiger partial charge in [-0.2, -0.15) is 0 Å². The van der Waals surface area contributed by atoms with Gasteiger partial charge in [-0.15, -0.1) is 0 Å². The van der Waals surface area contributed by atoms with Crippen LogP contribution in [0.1, 0.15) is 17.3 Å². The van der Waals surface area contributed by atoms with E-state index in [1.807, 2.05) is 0 Å². The molecule has 2 rings (SSSR count). The average molecular weight is 179 g/mol. The molecule has 0 saturated carbocycles. The molecular weight excluding hydrogens is 170 g/mol. The second kappa shape index (κ2) is 2.70. The van der Waals surface area contributed by atoms with E-state index < -0.39 is 12.3 Å². The predicted octanol–water partition coefficient (Wildman–Crippen LogP) is 0.533. The third-order valence-electron chi connectivity index (χ3n) is 2.18. The van der Waals surface area contributed by atoms with Crippen LogP contribution in [0.2, 0.25) is 0 Å². The fraction of sp³-hybridized carbons (Fsp3) is 0.250. The maximum atomic E-state index is 10.7. The van der Waals surface area contributed by atoms with E-state index in [2.05, 4.69) is 4.98 Å². The average Bonchev–Trinajstić information content (AvgIpc) is 2.45. The second-order valence-electron chi connectivity index (χ2n) is 2.93. The van der Waals surface area contributed by atoms with Crippen molar-refractivity contribution in [2.24, 2.45) is 5.73 Å². The van der Waals surface area contributed by atoms with Crippen LogP contribution in [0.3, 0.4) is 0 Å². The van der Waals surface area contributed by atoms with E-state index in [4.69, 9.17) is 10.8 Å². The molecule has 68 valence electrons. The Balaban J connectivity index is 2.38. The molecule has 5 nitrogen and oxygen atoms in total. The highest BCUT2D eigenvalue weighted by Crippen LogP contribution is 2.28. The summed E-state index contributed by atoms with van der Waals surface area (Å²) in [4.78, 5) is 15.8. The molecule has 0 spiro atoms. The fourth-order valence-electron chi connectivity index (χ4n) is 1.49. The molecule has 1 amide bonds. The summed E-state index contributed by atoms with van der Waals surface area (Å²) in [7, 11) is 0. The molecule has 2 heterocycles. The van der Waals surface area contributed by atoms with Crippen molar-refractivity contribution in [2.75, 3.05) is 0 Å². The second-order valence-corrected chi connectivity index (χ2v) is 2.93.